The summed E-state index contributed by atoms with van der Waals surface area (Å²) >= 11 is 0. The predicted molar refractivity (Wildman–Crippen MR) is 161 cm³/mol. The van der Waals surface area contributed by atoms with Gasteiger partial charge in [0.2, 0.25) is 11.8 Å². The number of nitrogens with zero attached hydrogens (tertiary/aromatic N) is 6. The van der Waals surface area contributed by atoms with E-state index in [4.69, 9.17) is 5.73 Å². The van der Waals surface area contributed by atoms with Crippen LogP contribution in [0.3, 0.4) is 0 Å². The highest BCUT2D eigenvalue weighted by Gasteiger charge is 2.33. The summed E-state index contributed by atoms with van der Waals surface area (Å²) in [6.45, 7) is 1.23. The number of alkyl halides is 3. The number of nitrogens with one attached hydrogen (secondary N) is 1. The molecule has 3 N–H and O–H groups in total. The maximum absolute atomic E-state index is 12.8. The van der Waals surface area contributed by atoms with Gasteiger partial charge < -0.3 is 15.8 Å². The van der Waals surface area contributed by atoms with Crippen molar-refractivity contribution >= 4 is 17.5 Å². The lowest BCUT2D eigenvalue weighted by Gasteiger charge is -2.36. The van der Waals surface area contributed by atoms with Gasteiger partial charge >= 0.3 is 12.0 Å². The number of benzene rings is 1. The van der Waals surface area contributed by atoms with Gasteiger partial charge in [0.05, 0.1) is 16.3 Å². The number of ether oxygens (including phenoxy) is 1. The van der Waals surface area contributed by atoms with Crippen LogP contribution < -0.4 is 15.8 Å². The molecule has 1 aromatic carbocycles. The van der Waals surface area contributed by atoms with E-state index < -0.39 is 11.3 Å². The highest BCUT2D eigenvalue weighted by atomic mass is 19.4. The minimum atomic E-state index is -4.86. The van der Waals surface area contributed by atoms with Gasteiger partial charge in [-0.15, -0.1) is 13.2 Å². The van der Waals surface area contributed by atoms with E-state index in [1.165, 1.54) is 18.2 Å². The van der Waals surface area contributed by atoms with Crippen LogP contribution in [-0.2, 0) is 26.1 Å². The number of anilines is 2. The SMILES string of the molecule is Nc1nc(NCc2ccccc2OC(F)(F)F)nc(CC2CCC(N(Cc3ccccn3)Cc3ccccn3)CC2)c1[N+](=O)[O-]. The smallest absolute Gasteiger partial charge is 0.405 e. The maximum Gasteiger partial charge on any atom is 0.573 e. The van der Waals surface area contributed by atoms with Crippen LogP contribution in [-0.4, -0.2) is 42.2 Å². The first-order chi connectivity index (χ1) is 21.6. The van der Waals surface area contributed by atoms with Crippen LogP contribution in [0.1, 0.15) is 48.3 Å². The van der Waals surface area contributed by atoms with Gasteiger partial charge in [-0.1, -0.05) is 30.3 Å². The summed E-state index contributed by atoms with van der Waals surface area (Å²) in [6, 6.07) is 17.7. The fraction of sp³-hybridized carbons (Fsp3) is 0.355. The zero-order valence-corrected chi connectivity index (χ0v) is 24.4. The Hall–Kier alpha value is -4.85. The van der Waals surface area contributed by atoms with Gasteiger partial charge in [-0.3, -0.25) is 25.0 Å². The summed E-state index contributed by atoms with van der Waals surface area (Å²) in [6.07, 6.45) is 2.41. The van der Waals surface area contributed by atoms with E-state index in [2.05, 4.69) is 34.9 Å². The number of hydrogen-bond acceptors (Lipinski definition) is 10. The van der Waals surface area contributed by atoms with Gasteiger partial charge in [-0.05, 0) is 68.4 Å². The van der Waals surface area contributed by atoms with Crippen molar-refractivity contribution in [3.05, 3.63) is 106 Å². The molecule has 4 aromatic rings. The van der Waals surface area contributed by atoms with Crippen LogP contribution in [0.4, 0.5) is 30.6 Å². The third-order valence-electron chi connectivity index (χ3n) is 7.80. The second kappa shape index (κ2) is 14.3. The Bertz CT molecular complexity index is 1530. The van der Waals surface area contributed by atoms with Crippen molar-refractivity contribution in [2.24, 2.45) is 5.92 Å². The Morgan fingerprint density at radius 1 is 0.933 bits per heavy atom. The molecule has 0 amide bonds. The van der Waals surface area contributed by atoms with E-state index in [9.17, 15) is 23.3 Å². The van der Waals surface area contributed by atoms with E-state index in [0.29, 0.717) is 19.5 Å². The minimum absolute atomic E-state index is 0.0134. The highest BCUT2D eigenvalue weighted by molar-refractivity contribution is 5.58. The van der Waals surface area contributed by atoms with Crippen molar-refractivity contribution in [2.75, 3.05) is 11.1 Å². The lowest BCUT2D eigenvalue weighted by molar-refractivity contribution is -0.385. The summed E-state index contributed by atoms with van der Waals surface area (Å²) in [5.74, 6) is -0.572. The zero-order chi connectivity index (χ0) is 31.8. The second-order valence-electron chi connectivity index (χ2n) is 10.9. The number of pyridine rings is 2. The number of halogens is 3. The number of nitro groups is 1. The molecule has 1 aliphatic carbocycles. The lowest BCUT2D eigenvalue weighted by Crippen LogP contribution is -2.38. The van der Waals surface area contributed by atoms with E-state index in [0.717, 1.165) is 37.1 Å². The summed E-state index contributed by atoms with van der Waals surface area (Å²) in [5.41, 5.74) is 7.97. The van der Waals surface area contributed by atoms with Crippen molar-refractivity contribution in [2.45, 2.75) is 64.1 Å². The number of nitrogens with two attached hydrogens (primary N) is 1. The van der Waals surface area contributed by atoms with Gasteiger partial charge in [0, 0.05) is 43.6 Å². The number of aromatic nitrogens is 4. The minimum Gasteiger partial charge on any atom is -0.405 e. The number of nitrogen functional groups attached to an aromatic ring is 1. The fourth-order valence-corrected chi connectivity index (χ4v) is 5.69. The average Bonchev–Trinajstić information content (AvgIpc) is 3.01. The molecule has 45 heavy (non-hydrogen) atoms. The van der Waals surface area contributed by atoms with E-state index in [-0.39, 0.29) is 53.0 Å². The molecule has 1 fully saturated rings. The third-order valence-corrected chi connectivity index (χ3v) is 7.80. The van der Waals surface area contributed by atoms with Crippen LogP contribution >= 0.6 is 0 Å². The fourth-order valence-electron chi connectivity index (χ4n) is 5.69. The van der Waals surface area contributed by atoms with Crippen LogP contribution in [0.15, 0.2) is 73.1 Å². The van der Waals surface area contributed by atoms with Gasteiger partial charge in [0.1, 0.15) is 11.4 Å². The Morgan fingerprint density at radius 2 is 1.56 bits per heavy atom. The monoisotopic (exact) mass is 622 g/mol. The summed E-state index contributed by atoms with van der Waals surface area (Å²) in [7, 11) is 0. The van der Waals surface area contributed by atoms with Crippen LogP contribution in [0, 0.1) is 16.0 Å². The van der Waals surface area contributed by atoms with Gasteiger partial charge in [0.25, 0.3) is 0 Å². The molecule has 14 heteroatoms. The molecule has 0 spiro atoms. The molecule has 0 bridgehead atoms. The Balaban J connectivity index is 1.27. The topological polar surface area (TPSA) is 145 Å². The predicted octanol–water partition coefficient (Wildman–Crippen LogP) is 6.07. The summed E-state index contributed by atoms with van der Waals surface area (Å²) in [5, 5.41) is 14.8. The van der Waals surface area contributed by atoms with Crippen molar-refractivity contribution in [1.82, 2.24) is 24.8 Å². The molecule has 0 saturated heterocycles. The van der Waals surface area contributed by atoms with E-state index >= 15 is 0 Å². The molecule has 1 aliphatic rings. The average molecular weight is 623 g/mol. The number of rotatable bonds is 12. The number of para-hydroxylation sites is 1. The molecule has 3 aromatic heterocycles. The van der Waals surface area contributed by atoms with Crippen molar-refractivity contribution in [3.63, 3.8) is 0 Å². The molecule has 5 rings (SSSR count). The van der Waals surface area contributed by atoms with E-state index in [1.807, 2.05) is 36.4 Å². The second-order valence-corrected chi connectivity index (χ2v) is 10.9. The first-order valence-electron chi connectivity index (χ1n) is 14.6. The molecule has 1 saturated carbocycles. The first-order valence-corrected chi connectivity index (χ1v) is 14.6. The maximum atomic E-state index is 12.8. The molecule has 0 atom stereocenters. The van der Waals surface area contributed by atoms with Gasteiger partial charge in [-0.25, -0.2) is 4.98 Å². The van der Waals surface area contributed by atoms with Crippen molar-refractivity contribution in [1.29, 1.82) is 0 Å². The molecule has 11 nitrogen and oxygen atoms in total. The summed E-state index contributed by atoms with van der Waals surface area (Å²) in [4.78, 5) is 31.2. The van der Waals surface area contributed by atoms with E-state index in [1.54, 1.807) is 18.5 Å². The van der Waals surface area contributed by atoms with Crippen molar-refractivity contribution < 1.29 is 22.8 Å². The lowest BCUT2D eigenvalue weighted by atomic mass is 9.82. The van der Waals surface area contributed by atoms with Crippen molar-refractivity contribution in [3.8, 4) is 5.75 Å². The Kier molecular flexibility index (Phi) is 10.0. The molecular formula is C31H33F3N8O3. The standard InChI is InChI=1S/C31H33F3N8O3/c32-31(33,34)45-27-10-2-1-7-22(27)18-38-30-39-26(28(42(43)44)29(35)40-30)17-21-11-13-25(14-12-21)41(19-23-8-3-5-15-36-23)20-24-9-4-6-16-37-24/h1-10,15-16,21,25H,11-14,17-20H2,(H3,35,38,39,40). The highest BCUT2D eigenvalue weighted by Crippen LogP contribution is 2.35. The molecule has 0 unspecified atom stereocenters. The summed E-state index contributed by atoms with van der Waals surface area (Å²) < 4.78 is 42.6. The van der Waals surface area contributed by atoms with Crippen LogP contribution in [0.25, 0.3) is 0 Å². The molecule has 0 radical (unpaired) electrons. The largest absolute Gasteiger partial charge is 0.573 e. The molecule has 0 aliphatic heterocycles. The Morgan fingerprint density at radius 3 is 2.13 bits per heavy atom. The third kappa shape index (κ3) is 8.85. The normalized spacial score (nSPS) is 16.8. The van der Waals surface area contributed by atoms with Gasteiger partial charge in [0.15, 0.2) is 0 Å². The van der Waals surface area contributed by atoms with Gasteiger partial charge in [-0.2, -0.15) is 4.98 Å². The first kappa shape index (κ1) is 31.6. The zero-order valence-electron chi connectivity index (χ0n) is 24.4. The quantitative estimate of drug-likeness (QED) is 0.141. The Labute approximate surface area is 257 Å². The molecule has 236 valence electrons. The molecular weight excluding hydrogens is 589 g/mol. The molecule has 3 heterocycles. The number of hydrogen-bond donors (Lipinski definition) is 2. The van der Waals surface area contributed by atoms with Crippen LogP contribution in [0.5, 0.6) is 5.75 Å². The van der Waals surface area contributed by atoms with Crippen LogP contribution in [0.2, 0.25) is 0 Å².